The number of carbonyl (C=O) groups excluding carboxylic acids is 1. The number of aryl methyl sites for hydroxylation is 1. The summed E-state index contributed by atoms with van der Waals surface area (Å²) in [5.41, 5.74) is 1.60. The minimum Gasteiger partial charge on any atom is -0.322 e. The van der Waals surface area contributed by atoms with E-state index in [1.54, 1.807) is 4.90 Å². The molecule has 5 nitrogen and oxygen atoms in total. The zero-order chi connectivity index (χ0) is 19.2. The molecule has 2 unspecified atom stereocenters. The van der Waals surface area contributed by atoms with Gasteiger partial charge >= 0.3 is 12.2 Å². The predicted molar refractivity (Wildman–Crippen MR) is 93.0 cm³/mol. The van der Waals surface area contributed by atoms with Gasteiger partial charge in [0.05, 0.1) is 11.8 Å². The molecule has 0 saturated carbocycles. The van der Waals surface area contributed by atoms with Gasteiger partial charge in [-0.1, -0.05) is 29.8 Å². The van der Waals surface area contributed by atoms with Gasteiger partial charge in [-0.15, -0.1) is 0 Å². The van der Waals surface area contributed by atoms with E-state index in [1.807, 2.05) is 0 Å². The molecule has 0 N–H and O–H groups in total. The first-order valence-electron chi connectivity index (χ1n) is 8.98. The van der Waals surface area contributed by atoms with Gasteiger partial charge in [-0.25, -0.2) is 4.79 Å². The van der Waals surface area contributed by atoms with Crippen LogP contribution in [0.4, 0.5) is 18.0 Å². The lowest BCUT2D eigenvalue weighted by Crippen LogP contribution is -2.36. The zero-order valence-corrected chi connectivity index (χ0v) is 15.0. The van der Waals surface area contributed by atoms with Gasteiger partial charge in [0.2, 0.25) is 0 Å². The van der Waals surface area contributed by atoms with Crippen molar-refractivity contribution in [1.82, 2.24) is 19.6 Å². The topological polar surface area (TPSA) is 41.4 Å². The first kappa shape index (κ1) is 18.0. The Hall–Kier alpha value is -2.35. The molecule has 3 heterocycles. The third-order valence-electron chi connectivity index (χ3n) is 5.47. The molecule has 1 amide bonds. The van der Waals surface area contributed by atoms with Crippen molar-refractivity contribution in [1.29, 1.82) is 0 Å². The average Bonchev–Trinajstić information content (AvgIpc) is 3.30. The van der Waals surface area contributed by atoms with Crippen LogP contribution in [-0.4, -0.2) is 51.8 Å². The summed E-state index contributed by atoms with van der Waals surface area (Å²) < 4.78 is 38.9. The number of nitrogens with zero attached hydrogens (tertiary/aromatic N) is 4. The molecule has 0 bridgehead atoms. The van der Waals surface area contributed by atoms with Crippen molar-refractivity contribution in [2.75, 3.05) is 26.2 Å². The number of alkyl halides is 3. The van der Waals surface area contributed by atoms with Crippen molar-refractivity contribution in [2.45, 2.75) is 19.6 Å². The SMILES string of the molecule is Cc1ccc(CN2CC3CN(C(=O)n4cc(C(F)(F)F)cn4)CC3C2)cc1. The highest BCUT2D eigenvalue weighted by molar-refractivity contribution is 5.76. The van der Waals surface area contributed by atoms with E-state index in [-0.39, 0.29) is 0 Å². The highest BCUT2D eigenvalue weighted by atomic mass is 19.4. The minimum absolute atomic E-state index is 0.358. The van der Waals surface area contributed by atoms with Crippen molar-refractivity contribution < 1.29 is 18.0 Å². The summed E-state index contributed by atoms with van der Waals surface area (Å²) in [7, 11) is 0. The van der Waals surface area contributed by atoms with E-state index < -0.39 is 17.8 Å². The maximum atomic E-state index is 12.7. The third-order valence-corrected chi connectivity index (χ3v) is 5.47. The number of fused-ring (bicyclic) bond motifs is 1. The molecular formula is C19H21F3N4O. The lowest BCUT2D eigenvalue weighted by atomic mass is 10.0. The van der Waals surface area contributed by atoms with Crippen LogP contribution < -0.4 is 0 Å². The molecule has 27 heavy (non-hydrogen) atoms. The van der Waals surface area contributed by atoms with Crippen molar-refractivity contribution >= 4 is 6.03 Å². The molecule has 0 spiro atoms. The summed E-state index contributed by atoms with van der Waals surface area (Å²) in [6.45, 7) is 5.87. The number of aromatic nitrogens is 2. The van der Waals surface area contributed by atoms with Crippen LogP contribution in [0.1, 0.15) is 16.7 Å². The molecular weight excluding hydrogens is 357 g/mol. The number of benzene rings is 1. The fourth-order valence-corrected chi connectivity index (χ4v) is 4.05. The van der Waals surface area contributed by atoms with Crippen molar-refractivity contribution in [2.24, 2.45) is 11.8 Å². The van der Waals surface area contributed by atoms with Gasteiger partial charge in [0.25, 0.3) is 0 Å². The van der Waals surface area contributed by atoms with Gasteiger partial charge in [0.15, 0.2) is 0 Å². The summed E-state index contributed by atoms with van der Waals surface area (Å²) >= 11 is 0. The Morgan fingerprint density at radius 2 is 1.74 bits per heavy atom. The second-order valence-electron chi connectivity index (χ2n) is 7.56. The quantitative estimate of drug-likeness (QED) is 0.806. The van der Waals surface area contributed by atoms with E-state index in [0.717, 1.165) is 30.5 Å². The van der Waals surface area contributed by atoms with Crippen LogP contribution in [-0.2, 0) is 12.7 Å². The summed E-state index contributed by atoms with van der Waals surface area (Å²) in [6.07, 6.45) is -3.03. The molecule has 2 aromatic rings. The number of hydrogen-bond donors (Lipinski definition) is 0. The number of rotatable bonds is 2. The molecule has 0 radical (unpaired) electrons. The lowest BCUT2D eigenvalue weighted by molar-refractivity contribution is -0.137. The van der Waals surface area contributed by atoms with E-state index in [0.29, 0.717) is 31.1 Å². The second kappa shape index (κ2) is 6.67. The molecule has 8 heteroatoms. The molecule has 2 saturated heterocycles. The smallest absolute Gasteiger partial charge is 0.322 e. The third kappa shape index (κ3) is 3.71. The average molecular weight is 378 g/mol. The highest BCUT2D eigenvalue weighted by Gasteiger charge is 2.42. The molecule has 144 valence electrons. The van der Waals surface area contributed by atoms with E-state index in [1.165, 1.54) is 11.1 Å². The first-order valence-corrected chi connectivity index (χ1v) is 8.98. The molecule has 0 aliphatic carbocycles. The maximum Gasteiger partial charge on any atom is 0.419 e. The number of likely N-dealkylation sites (tertiary alicyclic amines) is 2. The van der Waals surface area contributed by atoms with Crippen LogP contribution in [0, 0.1) is 18.8 Å². The Morgan fingerprint density at radius 1 is 1.11 bits per heavy atom. The van der Waals surface area contributed by atoms with Gasteiger partial charge < -0.3 is 4.90 Å². The van der Waals surface area contributed by atoms with Crippen LogP contribution >= 0.6 is 0 Å². The first-order chi connectivity index (χ1) is 12.8. The molecule has 1 aromatic carbocycles. The fourth-order valence-electron chi connectivity index (χ4n) is 4.05. The number of carbonyl (C=O) groups is 1. The predicted octanol–water partition coefficient (Wildman–Crippen LogP) is 3.24. The summed E-state index contributed by atoms with van der Waals surface area (Å²) in [6, 6.07) is 7.99. The second-order valence-corrected chi connectivity index (χ2v) is 7.56. The fraction of sp³-hybridized carbons (Fsp3) is 0.474. The van der Waals surface area contributed by atoms with E-state index >= 15 is 0 Å². The van der Waals surface area contributed by atoms with Crippen LogP contribution in [0.25, 0.3) is 0 Å². The van der Waals surface area contributed by atoms with Crippen molar-refractivity contribution in [3.63, 3.8) is 0 Å². The van der Waals surface area contributed by atoms with Crippen molar-refractivity contribution in [3.05, 3.63) is 53.3 Å². The molecule has 2 aliphatic rings. The number of hydrogen-bond acceptors (Lipinski definition) is 3. The molecule has 2 atom stereocenters. The highest BCUT2D eigenvalue weighted by Crippen LogP contribution is 2.33. The van der Waals surface area contributed by atoms with E-state index in [2.05, 4.69) is 41.2 Å². The van der Waals surface area contributed by atoms with Gasteiger partial charge in [-0.3, -0.25) is 4.90 Å². The Labute approximate surface area is 155 Å². The normalized spacial score (nSPS) is 23.0. The van der Waals surface area contributed by atoms with Crippen LogP contribution in [0.3, 0.4) is 0 Å². The largest absolute Gasteiger partial charge is 0.419 e. The summed E-state index contributed by atoms with van der Waals surface area (Å²) in [4.78, 5) is 16.5. The van der Waals surface area contributed by atoms with Crippen LogP contribution in [0.5, 0.6) is 0 Å². The molecule has 2 aliphatic heterocycles. The van der Waals surface area contributed by atoms with E-state index in [9.17, 15) is 18.0 Å². The molecule has 2 fully saturated rings. The minimum atomic E-state index is -4.49. The Kier molecular flexibility index (Phi) is 4.46. The lowest BCUT2D eigenvalue weighted by Gasteiger charge is -2.21. The van der Waals surface area contributed by atoms with Gasteiger partial charge in [-0.2, -0.15) is 23.0 Å². The van der Waals surface area contributed by atoms with Gasteiger partial charge in [-0.05, 0) is 24.3 Å². The number of amides is 1. The van der Waals surface area contributed by atoms with Gasteiger partial charge in [0.1, 0.15) is 0 Å². The monoisotopic (exact) mass is 378 g/mol. The summed E-state index contributed by atoms with van der Waals surface area (Å²) in [5.74, 6) is 0.717. The maximum absolute atomic E-state index is 12.7. The van der Waals surface area contributed by atoms with Crippen molar-refractivity contribution in [3.8, 4) is 0 Å². The Bertz CT molecular complexity index is 816. The van der Waals surface area contributed by atoms with E-state index in [4.69, 9.17) is 0 Å². The summed E-state index contributed by atoms with van der Waals surface area (Å²) in [5, 5.41) is 3.59. The Balaban J connectivity index is 1.35. The van der Waals surface area contributed by atoms with Gasteiger partial charge in [0, 0.05) is 38.9 Å². The zero-order valence-electron chi connectivity index (χ0n) is 15.0. The number of halogens is 3. The molecule has 4 rings (SSSR count). The van der Waals surface area contributed by atoms with Crippen LogP contribution in [0.2, 0.25) is 0 Å². The standard InChI is InChI=1S/C19H21F3N4O/c1-13-2-4-14(5-3-13)7-24-8-15-10-25(11-16(15)9-24)18(27)26-12-17(6-23-26)19(20,21)22/h2-6,12,15-16H,7-11H2,1H3. The molecule has 1 aromatic heterocycles. The van der Waals surface area contributed by atoms with Crippen LogP contribution in [0.15, 0.2) is 36.7 Å². The Morgan fingerprint density at radius 3 is 2.30 bits per heavy atom.